The average molecular weight is 309 g/mol. The molecule has 5 heteroatoms. The van der Waals surface area contributed by atoms with E-state index in [1.54, 1.807) is 12.1 Å². The molecule has 0 aliphatic rings. The molecule has 0 aromatic heterocycles. The molecule has 23 heavy (non-hydrogen) atoms. The molecule has 0 saturated heterocycles. The minimum Gasteiger partial charge on any atom is -0.490 e. The molecular weight excluding hydrogens is 294 g/mol. The van der Waals surface area contributed by atoms with Crippen molar-refractivity contribution in [2.24, 2.45) is 0 Å². The number of allylic oxidation sites excluding steroid dienone is 3. The van der Waals surface area contributed by atoms with Crippen molar-refractivity contribution in [1.29, 1.82) is 0 Å². The van der Waals surface area contributed by atoms with Gasteiger partial charge in [0.2, 0.25) is 0 Å². The predicted octanol–water partition coefficient (Wildman–Crippen LogP) is 3.90. The number of carbonyl (C=O) groups excluding carboxylic acids is 1. The van der Waals surface area contributed by atoms with Crippen molar-refractivity contribution in [3.63, 3.8) is 0 Å². The van der Waals surface area contributed by atoms with E-state index < -0.39 is 4.92 Å². The standard InChI is InChI=1S/C18H15NO4/c1-23-18-10-9-16(13-17(18)19(21)22)15(11-12-20)8-7-14-5-3-2-4-6-14/h2-13H,1H3/b8-7+,15-11+. The number of hydrogen-bond acceptors (Lipinski definition) is 4. The molecule has 116 valence electrons. The molecule has 0 fully saturated rings. The zero-order valence-corrected chi connectivity index (χ0v) is 12.5. The number of nitro benzene ring substituents is 1. The second-order valence-electron chi connectivity index (χ2n) is 4.65. The van der Waals surface area contributed by atoms with Crippen LogP contribution in [0.2, 0.25) is 0 Å². The highest BCUT2D eigenvalue weighted by Gasteiger charge is 2.15. The summed E-state index contributed by atoms with van der Waals surface area (Å²) >= 11 is 0. The van der Waals surface area contributed by atoms with Crippen molar-refractivity contribution in [2.45, 2.75) is 0 Å². The third kappa shape index (κ3) is 4.14. The Morgan fingerprint density at radius 1 is 1.17 bits per heavy atom. The zero-order valence-electron chi connectivity index (χ0n) is 12.5. The molecule has 0 amide bonds. The van der Waals surface area contributed by atoms with E-state index in [9.17, 15) is 14.9 Å². The van der Waals surface area contributed by atoms with E-state index in [4.69, 9.17) is 4.74 Å². The number of ether oxygens (including phenoxy) is 1. The van der Waals surface area contributed by atoms with E-state index in [2.05, 4.69) is 0 Å². The van der Waals surface area contributed by atoms with Crippen molar-refractivity contribution in [2.75, 3.05) is 7.11 Å². The lowest BCUT2D eigenvalue weighted by atomic mass is 10.0. The Kier molecular flexibility index (Phi) is 5.41. The zero-order chi connectivity index (χ0) is 16.7. The van der Waals surface area contributed by atoms with Crippen molar-refractivity contribution in [3.05, 3.63) is 81.9 Å². The van der Waals surface area contributed by atoms with Crippen molar-refractivity contribution in [3.8, 4) is 5.75 Å². The molecular formula is C18H15NO4. The second-order valence-corrected chi connectivity index (χ2v) is 4.65. The van der Waals surface area contributed by atoms with Crippen molar-refractivity contribution in [1.82, 2.24) is 0 Å². The fraction of sp³-hybridized carbons (Fsp3) is 0.0556. The van der Waals surface area contributed by atoms with Crippen LogP contribution in [0.4, 0.5) is 5.69 Å². The van der Waals surface area contributed by atoms with Gasteiger partial charge in [-0.05, 0) is 28.8 Å². The molecule has 0 atom stereocenters. The summed E-state index contributed by atoms with van der Waals surface area (Å²) in [5.41, 5.74) is 1.97. The maximum atomic E-state index is 11.1. The maximum Gasteiger partial charge on any atom is 0.311 e. The fourth-order valence-corrected chi connectivity index (χ4v) is 2.08. The van der Waals surface area contributed by atoms with E-state index in [0.29, 0.717) is 17.4 Å². The van der Waals surface area contributed by atoms with E-state index in [0.717, 1.165) is 5.56 Å². The Hall–Kier alpha value is -3.21. The number of benzene rings is 2. The fourth-order valence-electron chi connectivity index (χ4n) is 2.08. The topological polar surface area (TPSA) is 69.4 Å². The maximum absolute atomic E-state index is 11.1. The van der Waals surface area contributed by atoms with Gasteiger partial charge in [0.05, 0.1) is 12.0 Å². The summed E-state index contributed by atoms with van der Waals surface area (Å²) < 4.78 is 4.98. The first-order valence-corrected chi connectivity index (χ1v) is 6.87. The van der Waals surface area contributed by atoms with Crippen LogP contribution < -0.4 is 4.74 Å². The highest BCUT2D eigenvalue weighted by molar-refractivity contribution is 5.89. The summed E-state index contributed by atoms with van der Waals surface area (Å²) in [6.45, 7) is 0. The summed E-state index contributed by atoms with van der Waals surface area (Å²) in [5.74, 6) is 0.177. The van der Waals surface area contributed by atoms with Crippen LogP contribution in [-0.2, 0) is 4.79 Å². The normalized spacial score (nSPS) is 11.4. The van der Waals surface area contributed by atoms with Gasteiger partial charge in [0.1, 0.15) is 6.29 Å². The Morgan fingerprint density at radius 2 is 1.91 bits per heavy atom. The number of methoxy groups -OCH3 is 1. The van der Waals surface area contributed by atoms with Gasteiger partial charge in [-0.25, -0.2) is 0 Å². The number of aldehydes is 1. The Morgan fingerprint density at radius 3 is 2.52 bits per heavy atom. The Balaban J connectivity index is 2.41. The molecule has 0 heterocycles. The van der Waals surface area contributed by atoms with Gasteiger partial charge in [-0.15, -0.1) is 0 Å². The number of nitro groups is 1. The Bertz CT molecular complexity index is 764. The average Bonchev–Trinajstić information content (AvgIpc) is 2.59. The quantitative estimate of drug-likeness (QED) is 0.267. The highest BCUT2D eigenvalue weighted by atomic mass is 16.6. The lowest BCUT2D eigenvalue weighted by Crippen LogP contribution is -1.95. The van der Waals surface area contributed by atoms with Crippen LogP contribution in [0, 0.1) is 10.1 Å². The molecule has 0 radical (unpaired) electrons. The van der Waals surface area contributed by atoms with Crippen LogP contribution in [0.5, 0.6) is 5.75 Å². The summed E-state index contributed by atoms with van der Waals surface area (Å²) in [5, 5.41) is 11.1. The molecule has 0 aliphatic carbocycles. The van der Waals surface area contributed by atoms with Crippen LogP contribution in [0.15, 0.2) is 60.7 Å². The summed E-state index contributed by atoms with van der Waals surface area (Å²) in [4.78, 5) is 21.5. The van der Waals surface area contributed by atoms with Gasteiger partial charge >= 0.3 is 5.69 Å². The van der Waals surface area contributed by atoms with Gasteiger partial charge in [0.15, 0.2) is 5.75 Å². The molecule has 0 aliphatic heterocycles. The summed E-state index contributed by atoms with van der Waals surface area (Å²) in [6.07, 6.45) is 5.60. The smallest absolute Gasteiger partial charge is 0.311 e. The summed E-state index contributed by atoms with van der Waals surface area (Å²) in [7, 11) is 1.37. The molecule has 0 N–H and O–H groups in total. The van der Waals surface area contributed by atoms with E-state index in [1.165, 1.54) is 25.3 Å². The number of rotatable bonds is 6. The predicted molar refractivity (Wildman–Crippen MR) is 89.2 cm³/mol. The monoisotopic (exact) mass is 309 g/mol. The first-order chi connectivity index (χ1) is 11.2. The minimum absolute atomic E-state index is 0.144. The molecule has 2 rings (SSSR count). The molecule has 0 spiro atoms. The van der Waals surface area contributed by atoms with Gasteiger partial charge in [0, 0.05) is 6.07 Å². The molecule has 0 bridgehead atoms. The van der Waals surface area contributed by atoms with E-state index in [-0.39, 0.29) is 11.4 Å². The van der Waals surface area contributed by atoms with E-state index >= 15 is 0 Å². The highest BCUT2D eigenvalue weighted by Crippen LogP contribution is 2.30. The van der Waals surface area contributed by atoms with Gasteiger partial charge in [-0.1, -0.05) is 48.6 Å². The molecule has 2 aromatic rings. The Labute approximate surface area is 133 Å². The molecule has 0 saturated carbocycles. The summed E-state index contributed by atoms with van der Waals surface area (Å²) in [6, 6.07) is 14.1. The van der Waals surface area contributed by atoms with Crippen LogP contribution in [0.25, 0.3) is 11.6 Å². The number of carbonyl (C=O) groups is 1. The molecule has 5 nitrogen and oxygen atoms in total. The lowest BCUT2D eigenvalue weighted by Gasteiger charge is -2.05. The van der Waals surface area contributed by atoms with E-state index in [1.807, 2.05) is 36.4 Å². The number of nitrogens with zero attached hydrogens (tertiary/aromatic N) is 1. The van der Waals surface area contributed by atoms with Crippen LogP contribution >= 0.6 is 0 Å². The van der Waals surface area contributed by atoms with Crippen LogP contribution in [0.1, 0.15) is 11.1 Å². The first-order valence-electron chi connectivity index (χ1n) is 6.87. The lowest BCUT2D eigenvalue weighted by molar-refractivity contribution is -0.385. The molecule has 2 aromatic carbocycles. The third-order valence-electron chi connectivity index (χ3n) is 3.21. The van der Waals surface area contributed by atoms with Crippen LogP contribution in [0.3, 0.4) is 0 Å². The minimum atomic E-state index is -0.512. The first kappa shape index (κ1) is 16.2. The SMILES string of the molecule is COc1ccc(C(/C=C/c2ccccc2)=C/C=O)cc1[N+](=O)[O-]. The van der Waals surface area contributed by atoms with Crippen molar-refractivity contribution >= 4 is 23.6 Å². The number of hydrogen-bond donors (Lipinski definition) is 0. The van der Waals surface area contributed by atoms with Gasteiger partial charge < -0.3 is 4.74 Å². The largest absolute Gasteiger partial charge is 0.490 e. The van der Waals surface area contributed by atoms with Gasteiger partial charge in [0.25, 0.3) is 0 Å². The van der Waals surface area contributed by atoms with Crippen LogP contribution in [-0.4, -0.2) is 18.3 Å². The van der Waals surface area contributed by atoms with Gasteiger partial charge in [-0.2, -0.15) is 0 Å². The van der Waals surface area contributed by atoms with Crippen molar-refractivity contribution < 1.29 is 14.5 Å². The van der Waals surface area contributed by atoms with Gasteiger partial charge in [-0.3, -0.25) is 14.9 Å². The molecule has 0 unspecified atom stereocenters. The third-order valence-corrected chi connectivity index (χ3v) is 3.21. The second kappa shape index (κ2) is 7.70.